The van der Waals surface area contributed by atoms with Crippen LogP contribution < -0.4 is 0 Å². The first-order chi connectivity index (χ1) is 20.2. The molecule has 0 atom stereocenters. The number of Topliss-reactive ketones (excluding diaryl/α,β-unsaturated/α-hetero) is 1. The average molecular weight is 597 g/mol. The van der Waals surface area contributed by atoms with E-state index < -0.39 is 17.8 Å². The number of hydrogen-bond acceptors (Lipinski definition) is 6. The highest BCUT2D eigenvalue weighted by Gasteiger charge is 2.31. The first kappa shape index (κ1) is 29.7. The Labute approximate surface area is 248 Å². The van der Waals surface area contributed by atoms with E-state index in [0.717, 1.165) is 29.4 Å². The van der Waals surface area contributed by atoms with Gasteiger partial charge in [0.05, 0.1) is 28.3 Å². The highest BCUT2D eigenvalue weighted by molar-refractivity contribution is 6.45. The Morgan fingerprint density at radius 3 is 2.24 bits per heavy atom. The average Bonchev–Trinajstić information content (AvgIpc) is 3.36. The van der Waals surface area contributed by atoms with Crippen LogP contribution in [0.1, 0.15) is 46.0 Å². The summed E-state index contributed by atoms with van der Waals surface area (Å²) in [5, 5.41) is 0.420. The number of nitrogens with zero attached hydrogens (tertiary/aromatic N) is 4. The van der Waals surface area contributed by atoms with E-state index in [1.54, 1.807) is 24.0 Å². The van der Waals surface area contributed by atoms with Gasteiger partial charge < -0.3 is 19.4 Å². The van der Waals surface area contributed by atoms with Crippen molar-refractivity contribution < 1.29 is 28.3 Å². The molecule has 42 heavy (non-hydrogen) atoms. The zero-order valence-electron chi connectivity index (χ0n) is 23.8. The van der Waals surface area contributed by atoms with Crippen LogP contribution in [0.25, 0.3) is 10.9 Å². The van der Waals surface area contributed by atoms with Crippen LogP contribution in [0.2, 0.25) is 5.02 Å². The Kier molecular flexibility index (Phi) is 8.93. The molecular formula is C31H34ClFN4O5. The molecule has 9 nitrogen and oxygen atoms in total. The number of halogens is 2. The predicted octanol–water partition coefficient (Wildman–Crippen LogP) is 4.49. The molecule has 2 aliphatic rings. The molecule has 0 radical (unpaired) electrons. The summed E-state index contributed by atoms with van der Waals surface area (Å²) in [5.41, 5.74) is 1.56. The largest absolute Gasteiger partial charge is 0.449 e. The summed E-state index contributed by atoms with van der Waals surface area (Å²) < 4.78 is 19.6. The molecule has 2 saturated heterocycles. The zero-order valence-corrected chi connectivity index (χ0v) is 24.5. The number of ether oxygens (including phenoxy) is 1. The summed E-state index contributed by atoms with van der Waals surface area (Å²) in [6, 6.07) is 9.47. The first-order valence-corrected chi connectivity index (χ1v) is 14.6. The maximum absolute atomic E-state index is 13.6. The lowest BCUT2D eigenvalue weighted by molar-refractivity contribution is -0.127. The number of piperazine rings is 1. The van der Waals surface area contributed by atoms with E-state index in [2.05, 4.69) is 4.90 Å². The minimum absolute atomic E-state index is 0.0192. The molecule has 3 heterocycles. The van der Waals surface area contributed by atoms with Crippen LogP contribution in [0.15, 0.2) is 42.6 Å². The van der Waals surface area contributed by atoms with Gasteiger partial charge in [0.1, 0.15) is 5.82 Å². The van der Waals surface area contributed by atoms with Gasteiger partial charge in [-0.1, -0.05) is 23.7 Å². The van der Waals surface area contributed by atoms with Crippen LogP contribution >= 0.6 is 11.6 Å². The summed E-state index contributed by atoms with van der Waals surface area (Å²) in [4.78, 5) is 58.4. The number of carbonyl (C=O) groups is 4. The van der Waals surface area contributed by atoms with E-state index in [1.807, 2.05) is 7.05 Å². The number of amides is 2. The second-order valence-electron chi connectivity index (χ2n) is 11.0. The molecule has 0 N–H and O–H groups in total. The van der Waals surface area contributed by atoms with Gasteiger partial charge in [-0.15, -0.1) is 0 Å². The molecule has 222 valence electrons. The van der Waals surface area contributed by atoms with Gasteiger partial charge in [-0.2, -0.15) is 0 Å². The number of fused-ring (bicyclic) bond motifs is 1. The van der Waals surface area contributed by atoms with E-state index in [0.29, 0.717) is 45.2 Å². The standard InChI is InChI=1S/C31H34ClFN4O5/c1-3-42-31(41)37-19-25(28(38)30(40)36-14-12-34(2)13-15-36)23-17-24(26(32)18-27(23)37)29(39)35-10-8-21(9-11-35)16-20-4-6-22(33)7-5-20/h4-7,17-19,21H,3,8-16H2,1-2H3. The Hall–Kier alpha value is -3.76. The van der Waals surface area contributed by atoms with Crippen molar-refractivity contribution in [2.45, 2.75) is 26.2 Å². The molecule has 0 bridgehead atoms. The molecule has 2 aromatic carbocycles. The van der Waals surface area contributed by atoms with Crippen molar-refractivity contribution in [3.8, 4) is 0 Å². The van der Waals surface area contributed by atoms with Gasteiger partial charge >= 0.3 is 6.09 Å². The third kappa shape index (κ3) is 6.19. The summed E-state index contributed by atoms with van der Waals surface area (Å²) in [6.45, 7) is 4.97. The molecule has 5 rings (SSSR count). The Morgan fingerprint density at radius 2 is 1.60 bits per heavy atom. The summed E-state index contributed by atoms with van der Waals surface area (Å²) in [5.74, 6) is -1.60. The highest BCUT2D eigenvalue weighted by Crippen LogP contribution is 2.31. The lowest BCUT2D eigenvalue weighted by Crippen LogP contribution is -2.49. The molecule has 0 unspecified atom stereocenters. The van der Waals surface area contributed by atoms with Crippen molar-refractivity contribution in [1.82, 2.24) is 19.3 Å². The fourth-order valence-corrected chi connectivity index (χ4v) is 5.91. The minimum atomic E-state index is -0.755. The lowest BCUT2D eigenvalue weighted by Gasteiger charge is -2.32. The maximum Gasteiger partial charge on any atom is 0.418 e. The van der Waals surface area contributed by atoms with Crippen molar-refractivity contribution >= 4 is 46.2 Å². The number of likely N-dealkylation sites (N-methyl/N-ethyl adjacent to an activating group) is 1. The van der Waals surface area contributed by atoms with Crippen molar-refractivity contribution in [3.05, 3.63) is 70.1 Å². The second kappa shape index (κ2) is 12.6. The van der Waals surface area contributed by atoms with Crippen molar-refractivity contribution in [1.29, 1.82) is 0 Å². The van der Waals surface area contributed by atoms with Crippen molar-refractivity contribution in [3.63, 3.8) is 0 Å². The number of hydrogen-bond donors (Lipinski definition) is 0. The van der Waals surface area contributed by atoms with E-state index in [-0.39, 0.29) is 45.4 Å². The van der Waals surface area contributed by atoms with Gasteiger partial charge in [0.2, 0.25) is 0 Å². The van der Waals surface area contributed by atoms with Crippen LogP contribution in [0.4, 0.5) is 9.18 Å². The van der Waals surface area contributed by atoms with Crippen molar-refractivity contribution in [2.75, 3.05) is 52.9 Å². The van der Waals surface area contributed by atoms with Crippen molar-refractivity contribution in [2.24, 2.45) is 5.92 Å². The number of likely N-dealkylation sites (tertiary alicyclic amines) is 1. The molecule has 3 aromatic rings. The molecule has 2 amide bonds. The third-order valence-corrected chi connectivity index (χ3v) is 8.47. The summed E-state index contributed by atoms with van der Waals surface area (Å²) in [7, 11) is 1.95. The number of carbonyl (C=O) groups excluding carboxylic acids is 4. The highest BCUT2D eigenvalue weighted by atomic mass is 35.5. The Balaban J connectivity index is 1.39. The van der Waals surface area contributed by atoms with Crippen LogP contribution in [0, 0.1) is 11.7 Å². The molecule has 2 fully saturated rings. The number of aromatic nitrogens is 1. The van der Waals surface area contributed by atoms with Gasteiger partial charge in [-0.05, 0) is 69.0 Å². The first-order valence-electron chi connectivity index (χ1n) is 14.2. The second-order valence-corrected chi connectivity index (χ2v) is 11.4. The number of benzene rings is 2. The normalized spacial score (nSPS) is 16.6. The summed E-state index contributed by atoms with van der Waals surface area (Å²) in [6.07, 6.45) is 2.96. The maximum atomic E-state index is 13.6. The fraction of sp³-hybridized carbons (Fsp3) is 0.419. The minimum Gasteiger partial charge on any atom is -0.449 e. The van der Waals surface area contributed by atoms with Gasteiger partial charge in [0.15, 0.2) is 0 Å². The lowest BCUT2D eigenvalue weighted by atomic mass is 9.90. The quantitative estimate of drug-likeness (QED) is 0.308. The van der Waals surface area contributed by atoms with Crippen LogP contribution in [-0.2, 0) is 16.0 Å². The smallest absolute Gasteiger partial charge is 0.418 e. The molecule has 0 saturated carbocycles. The molecular weight excluding hydrogens is 563 g/mol. The Bertz CT molecular complexity index is 1510. The van der Waals surface area contributed by atoms with Gasteiger partial charge in [-0.3, -0.25) is 19.0 Å². The molecule has 11 heteroatoms. The zero-order chi connectivity index (χ0) is 30.0. The summed E-state index contributed by atoms with van der Waals surface area (Å²) >= 11 is 6.60. The molecule has 0 aliphatic carbocycles. The molecule has 2 aliphatic heterocycles. The van der Waals surface area contributed by atoms with Crippen LogP contribution in [0.5, 0.6) is 0 Å². The van der Waals surface area contributed by atoms with Crippen LogP contribution in [-0.4, -0.2) is 95.9 Å². The van der Waals surface area contributed by atoms with E-state index in [1.165, 1.54) is 35.4 Å². The molecule has 1 aromatic heterocycles. The number of piperidine rings is 1. The van der Waals surface area contributed by atoms with Crippen LogP contribution in [0.3, 0.4) is 0 Å². The Morgan fingerprint density at radius 1 is 0.929 bits per heavy atom. The van der Waals surface area contributed by atoms with E-state index in [4.69, 9.17) is 16.3 Å². The van der Waals surface area contributed by atoms with E-state index >= 15 is 0 Å². The predicted molar refractivity (Wildman–Crippen MR) is 157 cm³/mol. The number of ketones is 1. The van der Waals surface area contributed by atoms with Gasteiger partial charge in [0.25, 0.3) is 17.6 Å². The monoisotopic (exact) mass is 596 g/mol. The SMILES string of the molecule is CCOC(=O)n1cc(C(=O)C(=O)N2CCN(C)CC2)c2cc(C(=O)N3CCC(Cc4ccc(F)cc4)CC3)c(Cl)cc21. The fourth-order valence-electron chi connectivity index (χ4n) is 5.67. The molecule has 0 spiro atoms. The number of rotatable bonds is 6. The van der Waals surface area contributed by atoms with E-state index in [9.17, 15) is 23.6 Å². The van der Waals surface area contributed by atoms with Gasteiger partial charge in [0, 0.05) is 50.9 Å². The van der Waals surface area contributed by atoms with Gasteiger partial charge in [-0.25, -0.2) is 9.18 Å². The topological polar surface area (TPSA) is 92.2 Å². The third-order valence-electron chi connectivity index (χ3n) is 8.16.